The molecule has 0 aliphatic rings. The van der Waals surface area contributed by atoms with Crippen molar-refractivity contribution < 1.29 is 18.7 Å². The molecule has 1 amide bonds. The van der Waals surface area contributed by atoms with Crippen molar-refractivity contribution in [3.8, 4) is 0 Å². The van der Waals surface area contributed by atoms with E-state index in [0.29, 0.717) is 31.0 Å². The second kappa shape index (κ2) is 8.14. The van der Waals surface area contributed by atoms with E-state index in [1.54, 1.807) is 24.3 Å². The maximum Gasteiger partial charge on any atom is 0.373 e. The van der Waals surface area contributed by atoms with Gasteiger partial charge in [-0.1, -0.05) is 17.7 Å². The molecule has 0 saturated carbocycles. The van der Waals surface area contributed by atoms with Crippen LogP contribution in [0.3, 0.4) is 0 Å². The number of nitrogens with one attached hydrogen (secondary N) is 2. The van der Waals surface area contributed by atoms with E-state index >= 15 is 0 Å². The Balaban J connectivity index is 1.67. The summed E-state index contributed by atoms with van der Waals surface area (Å²) in [5.41, 5.74) is 1.76. The van der Waals surface area contributed by atoms with E-state index in [-0.39, 0.29) is 11.7 Å². The normalized spacial score (nSPS) is 10.3. The van der Waals surface area contributed by atoms with Gasteiger partial charge in [0.15, 0.2) is 0 Å². The second-order valence-electron chi connectivity index (χ2n) is 5.06. The van der Waals surface area contributed by atoms with E-state index in [1.165, 1.54) is 7.11 Å². The van der Waals surface area contributed by atoms with Crippen molar-refractivity contribution >= 4 is 11.9 Å². The SMILES string of the molecule is COC(=O)c1ccc(CNCCNC(=O)c2ccc(C)cc2)o1. The third kappa shape index (κ3) is 4.96. The van der Waals surface area contributed by atoms with Crippen molar-refractivity contribution in [2.24, 2.45) is 0 Å². The Kier molecular flexibility index (Phi) is 5.94. The van der Waals surface area contributed by atoms with Crippen molar-refractivity contribution in [2.75, 3.05) is 20.2 Å². The first-order chi connectivity index (χ1) is 11.1. The summed E-state index contributed by atoms with van der Waals surface area (Å²) in [5, 5.41) is 5.96. The van der Waals surface area contributed by atoms with Gasteiger partial charge in [-0.25, -0.2) is 4.79 Å². The third-order valence-corrected chi connectivity index (χ3v) is 3.25. The van der Waals surface area contributed by atoms with Gasteiger partial charge in [0.25, 0.3) is 5.91 Å². The minimum absolute atomic E-state index is 0.0993. The standard InChI is InChI=1S/C17H20N2O4/c1-12-3-5-13(6-4-12)16(20)19-10-9-18-11-14-7-8-15(23-14)17(21)22-2/h3-8,18H,9-11H2,1-2H3,(H,19,20). The fraction of sp³-hybridized carbons (Fsp3) is 0.294. The summed E-state index contributed by atoms with van der Waals surface area (Å²) in [7, 11) is 1.31. The van der Waals surface area contributed by atoms with Crippen LogP contribution in [0.1, 0.15) is 32.2 Å². The van der Waals surface area contributed by atoms with Crippen LogP contribution >= 0.6 is 0 Å². The maximum absolute atomic E-state index is 11.9. The lowest BCUT2D eigenvalue weighted by Gasteiger charge is -2.06. The molecule has 122 valence electrons. The summed E-state index contributed by atoms with van der Waals surface area (Å²) in [6.07, 6.45) is 0. The van der Waals surface area contributed by atoms with Gasteiger partial charge in [-0.2, -0.15) is 0 Å². The van der Waals surface area contributed by atoms with Crippen LogP contribution in [0.25, 0.3) is 0 Å². The molecule has 2 N–H and O–H groups in total. The molecule has 0 saturated heterocycles. The van der Waals surface area contributed by atoms with Crippen LogP contribution in [-0.4, -0.2) is 32.1 Å². The largest absolute Gasteiger partial charge is 0.463 e. The topological polar surface area (TPSA) is 80.6 Å². The summed E-state index contributed by atoms with van der Waals surface area (Å²) < 4.78 is 9.89. The molecule has 6 nitrogen and oxygen atoms in total. The summed E-state index contributed by atoms with van der Waals surface area (Å²) in [6, 6.07) is 10.7. The number of benzene rings is 1. The number of aryl methyl sites for hydroxylation is 1. The molecule has 6 heteroatoms. The van der Waals surface area contributed by atoms with Crippen molar-refractivity contribution in [1.82, 2.24) is 10.6 Å². The predicted octanol–water partition coefficient (Wildman–Crippen LogP) is 1.89. The van der Waals surface area contributed by atoms with Crippen LogP contribution in [0.5, 0.6) is 0 Å². The molecule has 0 unspecified atom stereocenters. The molecular weight excluding hydrogens is 296 g/mol. The molecule has 23 heavy (non-hydrogen) atoms. The smallest absolute Gasteiger partial charge is 0.373 e. The van der Waals surface area contributed by atoms with Crippen LogP contribution in [0, 0.1) is 6.92 Å². The number of esters is 1. The first-order valence-corrected chi connectivity index (χ1v) is 7.33. The van der Waals surface area contributed by atoms with Gasteiger partial charge in [0.05, 0.1) is 13.7 Å². The number of amides is 1. The van der Waals surface area contributed by atoms with Gasteiger partial charge in [-0.05, 0) is 31.2 Å². The molecule has 0 fully saturated rings. The zero-order chi connectivity index (χ0) is 16.7. The highest BCUT2D eigenvalue weighted by Crippen LogP contribution is 2.08. The molecule has 0 bridgehead atoms. The Morgan fingerprint density at radius 1 is 1.09 bits per heavy atom. The summed E-state index contributed by atoms with van der Waals surface area (Å²) in [6.45, 7) is 3.53. The predicted molar refractivity (Wildman–Crippen MR) is 85.3 cm³/mol. The highest BCUT2D eigenvalue weighted by molar-refractivity contribution is 5.94. The number of carbonyl (C=O) groups excluding carboxylic acids is 2. The molecule has 0 aliphatic carbocycles. The second-order valence-corrected chi connectivity index (χ2v) is 5.06. The van der Waals surface area contributed by atoms with Gasteiger partial charge in [-0.15, -0.1) is 0 Å². The van der Waals surface area contributed by atoms with Crippen molar-refractivity contribution in [2.45, 2.75) is 13.5 Å². The Labute approximate surface area is 134 Å². The summed E-state index contributed by atoms with van der Waals surface area (Å²) in [4.78, 5) is 23.1. The summed E-state index contributed by atoms with van der Waals surface area (Å²) >= 11 is 0. The van der Waals surface area contributed by atoms with Crippen LogP contribution in [0.15, 0.2) is 40.8 Å². The van der Waals surface area contributed by atoms with Gasteiger partial charge in [0.1, 0.15) is 5.76 Å². The maximum atomic E-state index is 11.9. The molecule has 1 heterocycles. The highest BCUT2D eigenvalue weighted by atomic mass is 16.5. The zero-order valence-electron chi connectivity index (χ0n) is 13.2. The van der Waals surface area contributed by atoms with Crippen molar-refractivity contribution in [3.63, 3.8) is 0 Å². The highest BCUT2D eigenvalue weighted by Gasteiger charge is 2.10. The molecule has 0 radical (unpaired) electrons. The number of ether oxygens (including phenoxy) is 1. The van der Waals surface area contributed by atoms with Gasteiger partial charge >= 0.3 is 5.97 Å². The molecule has 0 aliphatic heterocycles. The van der Waals surface area contributed by atoms with E-state index in [2.05, 4.69) is 15.4 Å². The Bertz CT molecular complexity index is 661. The van der Waals surface area contributed by atoms with Crippen molar-refractivity contribution in [3.05, 3.63) is 59.0 Å². The Morgan fingerprint density at radius 3 is 2.52 bits per heavy atom. The number of rotatable bonds is 7. The first-order valence-electron chi connectivity index (χ1n) is 7.33. The van der Waals surface area contributed by atoms with Gasteiger partial charge in [0, 0.05) is 18.7 Å². The fourth-order valence-corrected chi connectivity index (χ4v) is 1.97. The molecule has 1 aromatic carbocycles. The molecule has 2 aromatic rings. The van der Waals surface area contributed by atoms with E-state index < -0.39 is 5.97 Å². The molecule has 2 rings (SSSR count). The quantitative estimate of drug-likeness (QED) is 0.602. The first kappa shape index (κ1) is 16.8. The lowest BCUT2D eigenvalue weighted by atomic mass is 10.1. The number of carbonyl (C=O) groups is 2. The van der Waals surface area contributed by atoms with Crippen LogP contribution in [0.4, 0.5) is 0 Å². The number of methoxy groups -OCH3 is 1. The van der Waals surface area contributed by atoms with Gasteiger partial charge in [0.2, 0.25) is 5.76 Å². The van der Waals surface area contributed by atoms with E-state index in [4.69, 9.17) is 4.42 Å². The van der Waals surface area contributed by atoms with E-state index in [1.807, 2.05) is 19.1 Å². The minimum atomic E-state index is -0.499. The van der Waals surface area contributed by atoms with Gasteiger partial charge < -0.3 is 19.8 Å². The molecular formula is C17H20N2O4. The Hall–Kier alpha value is -2.60. The Morgan fingerprint density at radius 2 is 1.83 bits per heavy atom. The number of hydrogen-bond donors (Lipinski definition) is 2. The van der Waals surface area contributed by atoms with Crippen molar-refractivity contribution in [1.29, 1.82) is 0 Å². The van der Waals surface area contributed by atoms with Crippen LogP contribution in [0.2, 0.25) is 0 Å². The van der Waals surface area contributed by atoms with E-state index in [0.717, 1.165) is 5.56 Å². The average molecular weight is 316 g/mol. The van der Waals surface area contributed by atoms with Crippen LogP contribution in [-0.2, 0) is 11.3 Å². The third-order valence-electron chi connectivity index (χ3n) is 3.25. The lowest BCUT2D eigenvalue weighted by molar-refractivity contribution is 0.0562. The van der Waals surface area contributed by atoms with Gasteiger partial charge in [-0.3, -0.25) is 4.79 Å². The summed E-state index contributed by atoms with van der Waals surface area (Å²) in [5.74, 6) is 0.214. The average Bonchev–Trinajstić information content (AvgIpc) is 3.03. The minimum Gasteiger partial charge on any atom is -0.463 e. The molecule has 1 aromatic heterocycles. The van der Waals surface area contributed by atoms with E-state index in [9.17, 15) is 9.59 Å². The molecule has 0 atom stereocenters. The van der Waals surface area contributed by atoms with Crippen LogP contribution < -0.4 is 10.6 Å². The molecule has 0 spiro atoms. The fourth-order valence-electron chi connectivity index (χ4n) is 1.97. The number of furan rings is 1. The monoisotopic (exact) mass is 316 g/mol. The zero-order valence-corrected chi connectivity index (χ0v) is 13.2. The number of hydrogen-bond acceptors (Lipinski definition) is 5. The lowest BCUT2D eigenvalue weighted by Crippen LogP contribution is -2.31.